The maximum absolute atomic E-state index is 2.72. The first-order chi connectivity index (χ1) is 15.1. The Morgan fingerprint density at radius 1 is 0.812 bits per heavy atom. The van der Waals surface area contributed by atoms with E-state index in [2.05, 4.69) is 118 Å². The van der Waals surface area contributed by atoms with Crippen LogP contribution in [-0.4, -0.2) is 16.1 Å². The molecule has 2 aromatic rings. The smallest absolute Gasteiger partial charge is 0.0691 e. The van der Waals surface area contributed by atoms with Crippen molar-refractivity contribution in [1.82, 2.24) is 0 Å². The molecule has 0 aromatic heterocycles. The lowest BCUT2D eigenvalue weighted by atomic mass is 9.79. The quantitative estimate of drug-likeness (QED) is 0.309. The Kier molecular flexibility index (Phi) is 6.84. The van der Waals surface area contributed by atoms with Gasteiger partial charge in [0.1, 0.15) is 0 Å². The molecular formula is C30H42Si2. The second kappa shape index (κ2) is 9.31. The van der Waals surface area contributed by atoms with E-state index in [1.54, 1.807) is 11.1 Å². The Morgan fingerprint density at radius 2 is 1.44 bits per heavy atom. The first-order valence-corrected chi connectivity index (χ1v) is 19.8. The highest BCUT2D eigenvalue weighted by Crippen LogP contribution is 2.57. The van der Waals surface area contributed by atoms with E-state index in [0.717, 1.165) is 11.5 Å². The summed E-state index contributed by atoms with van der Waals surface area (Å²) in [6.07, 6.45) is 9.07. The summed E-state index contributed by atoms with van der Waals surface area (Å²) in [7, 11) is -2.71. The third-order valence-electron chi connectivity index (χ3n) is 7.64. The van der Waals surface area contributed by atoms with E-state index < -0.39 is 16.1 Å². The number of benzene rings is 2. The SMILES string of the molecule is C[Si](C)(C)/C=C(\c1ccccc1)C1CC2C=CCC(C1)C([Si](C)(C)C)C2c1ccccc1. The summed E-state index contributed by atoms with van der Waals surface area (Å²) in [5.74, 6) is 2.76. The van der Waals surface area contributed by atoms with Crippen LogP contribution in [0.4, 0.5) is 0 Å². The maximum Gasteiger partial charge on any atom is 0.0691 e. The van der Waals surface area contributed by atoms with Gasteiger partial charge in [0, 0.05) is 8.07 Å². The fourth-order valence-electron chi connectivity index (χ4n) is 6.68. The molecule has 5 unspecified atom stereocenters. The van der Waals surface area contributed by atoms with E-state index in [1.165, 1.54) is 24.8 Å². The monoisotopic (exact) mass is 458 g/mol. The molecule has 0 spiro atoms. The van der Waals surface area contributed by atoms with Gasteiger partial charge in [-0.2, -0.15) is 0 Å². The second-order valence-corrected chi connectivity index (χ2v) is 22.8. The van der Waals surface area contributed by atoms with E-state index in [1.807, 2.05) is 0 Å². The topological polar surface area (TPSA) is 0 Å². The summed E-state index contributed by atoms with van der Waals surface area (Å²) >= 11 is 0. The van der Waals surface area contributed by atoms with Crippen LogP contribution in [0.2, 0.25) is 44.8 Å². The largest absolute Gasteiger partial charge is 0.0910 e. The van der Waals surface area contributed by atoms with Crippen LogP contribution in [-0.2, 0) is 0 Å². The van der Waals surface area contributed by atoms with Crippen molar-refractivity contribution < 1.29 is 0 Å². The van der Waals surface area contributed by atoms with Gasteiger partial charge in [0.05, 0.1) is 8.07 Å². The molecule has 5 atom stereocenters. The average molecular weight is 459 g/mol. The summed E-state index contributed by atoms with van der Waals surface area (Å²) in [5.41, 5.74) is 8.25. The number of fused-ring (bicyclic) bond motifs is 3. The molecule has 170 valence electrons. The predicted molar refractivity (Wildman–Crippen MR) is 148 cm³/mol. The number of rotatable bonds is 5. The van der Waals surface area contributed by atoms with E-state index in [0.29, 0.717) is 17.8 Å². The summed E-state index contributed by atoms with van der Waals surface area (Å²) in [6.45, 7) is 15.3. The lowest BCUT2D eigenvalue weighted by molar-refractivity contribution is 0.408. The molecule has 4 rings (SSSR count). The molecule has 0 aliphatic heterocycles. The van der Waals surface area contributed by atoms with Gasteiger partial charge in [-0.3, -0.25) is 0 Å². The van der Waals surface area contributed by atoms with Crippen LogP contribution in [0.3, 0.4) is 0 Å². The summed E-state index contributed by atoms with van der Waals surface area (Å²) < 4.78 is 0. The lowest BCUT2D eigenvalue weighted by Gasteiger charge is -2.41. The van der Waals surface area contributed by atoms with Crippen LogP contribution in [0.25, 0.3) is 5.57 Å². The molecule has 0 amide bonds. The maximum atomic E-state index is 2.72. The molecule has 0 radical (unpaired) electrons. The minimum Gasteiger partial charge on any atom is -0.0910 e. The molecule has 2 aliphatic rings. The standard InChI is InChI=1S/C30H42Si2/c1-31(2,3)22-28(23-14-9-7-10-15-23)27-20-25-18-13-19-26(21-27)30(32(4,5)6)29(25)24-16-11-8-12-17-24/h7-18,22,25-27,29-30H,19-21H2,1-6H3/b28-22+. The highest BCUT2D eigenvalue weighted by Gasteiger charge is 2.47. The molecule has 0 heterocycles. The molecule has 1 saturated carbocycles. The van der Waals surface area contributed by atoms with Gasteiger partial charge in [0.15, 0.2) is 0 Å². The molecule has 0 saturated heterocycles. The van der Waals surface area contributed by atoms with Crippen molar-refractivity contribution in [1.29, 1.82) is 0 Å². The Balaban J connectivity index is 1.82. The van der Waals surface area contributed by atoms with Crippen LogP contribution in [0, 0.1) is 17.8 Å². The van der Waals surface area contributed by atoms with Crippen molar-refractivity contribution in [3.05, 3.63) is 89.6 Å². The molecule has 2 aliphatic carbocycles. The molecule has 1 fully saturated rings. The van der Waals surface area contributed by atoms with Gasteiger partial charge < -0.3 is 0 Å². The molecule has 0 N–H and O–H groups in total. The van der Waals surface area contributed by atoms with Crippen molar-refractivity contribution in [3.63, 3.8) is 0 Å². The lowest BCUT2D eigenvalue weighted by Crippen LogP contribution is -2.37. The van der Waals surface area contributed by atoms with Gasteiger partial charge >= 0.3 is 0 Å². The van der Waals surface area contributed by atoms with Crippen LogP contribution >= 0.6 is 0 Å². The molecule has 0 nitrogen and oxygen atoms in total. The van der Waals surface area contributed by atoms with Gasteiger partial charge in [-0.25, -0.2) is 0 Å². The number of hydrogen-bond acceptors (Lipinski definition) is 0. The van der Waals surface area contributed by atoms with Crippen LogP contribution in [0.1, 0.15) is 36.3 Å². The summed E-state index contributed by atoms with van der Waals surface area (Å²) in [4.78, 5) is 0. The molecular weight excluding hydrogens is 417 g/mol. The van der Waals surface area contributed by atoms with Crippen molar-refractivity contribution in [2.24, 2.45) is 17.8 Å². The first kappa shape index (κ1) is 23.5. The molecule has 2 aromatic carbocycles. The minimum atomic E-state index is -1.36. The van der Waals surface area contributed by atoms with E-state index in [9.17, 15) is 0 Å². The van der Waals surface area contributed by atoms with Gasteiger partial charge in [-0.15, -0.1) is 0 Å². The second-order valence-electron chi connectivity index (χ2n) is 12.4. The summed E-state index contributed by atoms with van der Waals surface area (Å²) in [5, 5.41) is 0. The zero-order valence-corrected chi connectivity index (χ0v) is 23.0. The van der Waals surface area contributed by atoms with E-state index in [-0.39, 0.29) is 0 Å². The van der Waals surface area contributed by atoms with Crippen molar-refractivity contribution in [2.75, 3.05) is 0 Å². The Morgan fingerprint density at radius 3 is 2.03 bits per heavy atom. The van der Waals surface area contributed by atoms with Crippen LogP contribution in [0.5, 0.6) is 0 Å². The minimum absolute atomic E-state index is 0.639. The normalized spacial score (nSPS) is 28.9. The highest BCUT2D eigenvalue weighted by molar-refractivity contribution is 6.81. The van der Waals surface area contributed by atoms with Gasteiger partial charge in [-0.05, 0) is 65.2 Å². The highest BCUT2D eigenvalue weighted by atomic mass is 28.3. The van der Waals surface area contributed by atoms with Crippen molar-refractivity contribution in [3.8, 4) is 0 Å². The number of hydrogen-bond donors (Lipinski definition) is 0. The Hall–Kier alpha value is -1.65. The Bertz CT molecular complexity index is 944. The molecule has 2 heteroatoms. The van der Waals surface area contributed by atoms with Crippen molar-refractivity contribution in [2.45, 2.75) is 70.0 Å². The van der Waals surface area contributed by atoms with E-state index >= 15 is 0 Å². The van der Waals surface area contributed by atoms with Crippen LogP contribution < -0.4 is 0 Å². The predicted octanol–water partition coefficient (Wildman–Crippen LogP) is 9.04. The zero-order chi connectivity index (χ0) is 22.9. The van der Waals surface area contributed by atoms with Gasteiger partial charge in [0.25, 0.3) is 0 Å². The van der Waals surface area contributed by atoms with E-state index in [4.69, 9.17) is 0 Å². The fourth-order valence-corrected chi connectivity index (χ4v) is 11.2. The zero-order valence-electron chi connectivity index (χ0n) is 21.0. The number of allylic oxidation sites excluding steroid dienone is 3. The average Bonchev–Trinajstić information content (AvgIpc) is 3.00. The summed E-state index contributed by atoms with van der Waals surface area (Å²) in [6, 6.07) is 22.8. The van der Waals surface area contributed by atoms with Crippen molar-refractivity contribution >= 4 is 21.7 Å². The van der Waals surface area contributed by atoms with Gasteiger partial charge in [-0.1, -0.05) is 118 Å². The third-order valence-corrected chi connectivity index (χ3v) is 11.6. The fraction of sp³-hybridized carbons (Fsp3) is 0.467. The van der Waals surface area contributed by atoms with Crippen LogP contribution in [0.15, 0.2) is 78.5 Å². The third kappa shape index (κ3) is 5.29. The van der Waals surface area contributed by atoms with Gasteiger partial charge in [0.2, 0.25) is 0 Å². The molecule has 2 bridgehead atoms. The Labute approximate surface area is 198 Å². The first-order valence-electron chi connectivity index (χ1n) is 12.6. The molecule has 32 heavy (non-hydrogen) atoms.